The van der Waals surface area contributed by atoms with E-state index in [0.29, 0.717) is 17.2 Å². The second-order valence-corrected chi connectivity index (χ2v) is 5.26. The van der Waals surface area contributed by atoms with Crippen LogP contribution in [0.4, 0.5) is 10.5 Å². The van der Waals surface area contributed by atoms with Gasteiger partial charge in [0.2, 0.25) is 0 Å². The molecule has 2 rings (SSSR count). The molecule has 118 valence electrons. The molecule has 0 radical (unpaired) electrons. The number of anilines is 1. The fourth-order valence-electron chi connectivity index (χ4n) is 1.99. The summed E-state index contributed by atoms with van der Waals surface area (Å²) in [7, 11) is 1.54. The van der Waals surface area contributed by atoms with Gasteiger partial charge in [0.15, 0.2) is 0 Å². The summed E-state index contributed by atoms with van der Waals surface area (Å²) >= 11 is 0. The molecule has 0 fully saturated rings. The Kier molecular flexibility index (Phi) is 4.72. The molecule has 6 heteroatoms. The van der Waals surface area contributed by atoms with Crippen LogP contribution in [0.25, 0.3) is 0 Å². The molecule has 2 amide bonds. The van der Waals surface area contributed by atoms with Gasteiger partial charge in [-0.05, 0) is 43.7 Å². The maximum Gasteiger partial charge on any atom is 0.319 e. The van der Waals surface area contributed by atoms with Gasteiger partial charge < -0.3 is 24.9 Å². The van der Waals surface area contributed by atoms with Crippen LogP contribution in [0.5, 0.6) is 5.75 Å². The molecule has 1 heterocycles. The van der Waals surface area contributed by atoms with E-state index in [2.05, 4.69) is 10.6 Å². The van der Waals surface area contributed by atoms with E-state index in [0.717, 1.165) is 5.56 Å². The van der Waals surface area contributed by atoms with E-state index in [9.17, 15) is 9.90 Å². The molecule has 22 heavy (non-hydrogen) atoms. The monoisotopic (exact) mass is 304 g/mol. The fraction of sp³-hybridized carbons (Fsp3) is 0.312. The van der Waals surface area contributed by atoms with Crippen LogP contribution in [0.15, 0.2) is 41.0 Å². The zero-order chi connectivity index (χ0) is 16.2. The van der Waals surface area contributed by atoms with Gasteiger partial charge in [-0.1, -0.05) is 6.07 Å². The van der Waals surface area contributed by atoms with Gasteiger partial charge in [-0.15, -0.1) is 0 Å². The molecule has 1 aromatic heterocycles. The third kappa shape index (κ3) is 3.79. The number of hydrogen-bond donors (Lipinski definition) is 3. The van der Waals surface area contributed by atoms with Gasteiger partial charge in [-0.2, -0.15) is 0 Å². The number of benzene rings is 1. The number of rotatable bonds is 5. The lowest BCUT2D eigenvalue weighted by molar-refractivity contribution is 0.0372. The minimum absolute atomic E-state index is 0.0144. The summed E-state index contributed by atoms with van der Waals surface area (Å²) in [6.45, 7) is 3.52. The average Bonchev–Trinajstić information content (AvgIpc) is 3.02. The van der Waals surface area contributed by atoms with Crippen molar-refractivity contribution < 1.29 is 19.1 Å². The highest BCUT2D eigenvalue weighted by molar-refractivity contribution is 5.91. The van der Waals surface area contributed by atoms with Crippen LogP contribution in [0.2, 0.25) is 0 Å². The summed E-state index contributed by atoms with van der Waals surface area (Å²) in [4.78, 5) is 12.0. The molecule has 6 nitrogen and oxygen atoms in total. The number of carbonyl (C=O) groups excluding carboxylic acids is 1. The molecule has 1 aromatic carbocycles. The van der Waals surface area contributed by atoms with E-state index in [-0.39, 0.29) is 6.54 Å². The van der Waals surface area contributed by atoms with Crippen LogP contribution in [0.1, 0.15) is 18.2 Å². The second-order valence-electron chi connectivity index (χ2n) is 5.26. The third-order valence-electron chi connectivity index (χ3n) is 3.25. The summed E-state index contributed by atoms with van der Waals surface area (Å²) in [5.74, 6) is 0.966. The minimum atomic E-state index is -1.28. The first kappa shape index (κ1) is 15.9. The number of hydrogen-bond acceptors (Lipinski definition) is 4. The maximum atomic E-state index is 12.0. The highest BCUT2D eigenvalue weighted by Gasteiger charge is 2.26. The molecule has 0 aliphatic heterocycles. The van der Waals surface area contributed by atoms with Gasteiger partial charge in [0.25, 0.3) is 0 Å². The number of furan rings is 1. The Hall–Kier alpha value is -2.47. The summed E-state index contributed by atoms with van der Waals surface area (Å²) in [5, 5.41) is 15.6. The molecular formula is C16H20N2O4. The lowest BCUT2D eigenvalue weighted by Crippen LogP contribution is -2.40. The molecule has 0 bridgehead atoms. The summed E-state index contributed by atoms with van der Waals surface area (Å²) in [6.07, 6.45) is 1.47. The lowest BCUT2D eigenvalue weighted by atomic mass is 10.0. The van der Waals surface area contributed by atoms with E-state index in [1.165, 1.54) is 6.26 Å². The van der Waals surface area contributed by atoms with Crippen molar-refractivity contribution >= 4 is 11.7 Å². The minimum Gasteiger partial charge on any atom is -0.495 e. The molecule has 0 aliphatic rings. The smallest absolute Gasteiger partial charge is 0.319 e. The van der Waals surface area contributed by atoms with Gasteiger partial charge in [0.1, 0.15) is 17.1 Å². The molecule has 0 aliphatic carbocycles. The van der Waals surface area contributed by atoms with E-state index >= 15 is 0 Å². The van der Waals surface area contributed by atoms with Crippen LogP contribution in [0.3, 0.4) is 0 Å². The van der Waals surface area contributed by atoms with Crippen molar-refractivity contribution in [2.24, 2.45) is 0 Å². The van der Waals surface area contributed by atoms with Crippen molar-refractivity contribution in [3.05, 3.63) is 47.9 Å². The van der Waals surface area contributed by atoms with Gasteiger partial charge in [-0.25, -0.2) is 4.79 Å². The highest BCUT2D eigenvalue weighted by atomic mass is 16.5. The fourth-order valence-corrected chi connectivity index (χ4v) is 1.99. The van der Waals surface area contributed by atoms with Gasteiger partial charge in [-0.3, -0.25) is 0 Å². The predicted molar refractivity (Wildman–Crippen MR) is 83.0 cm³/mol. The molecule has 2 aromatic rings. The third-order valence-corrected chi connectivity index (χ3v) is 3.25. The number of methoxy groups -OCH3 is 1. The Balaban J connectivity index is 1.96. The van der Waals surface area contributed by atoms with E-state index in [1.54, 1.807) is 32.2 Å². The first-order valence-electron chi connectivity index (χ1n) is 6.88. The molecule has 0 spiro atoms. The second kappa shape index (κ2) is 6.53. The van der Waals surface area contributed by atoms with Crippen LogP contribution in [-0.4, -0.2) is 24.8 Å². The van der Waals surface area contributed by atoms with Gasteiger partial charge >= 0.3 is 6.03 Å². The first-order chi connectivity index (χ1) is 10.4. The topological polar surface area (TPSA) is 83.7 Å². The lowest BCUT2D eigenvalue weighted by Gasteiger charge is -2.21. The van der Waals surface area contributed by atoms with Crippen molar-refractivity contribution in [2.45, 2.75) is 19.4 Å². The van der Waals surface area contributed by atoms with Crippen LogP contribution in [0, 0.1) is 6.92 Å². The normalized spacial score (nSPS) is 13.3. The van der Waals surface area contributed by atoms with Crippen molar-refractivity contribution in [1.82, 2.24) is 5.32 Å². The van der Waals surface area contributed by atoms with Crippen molar-refractivity contribution in [1.29, 1.82) is 0 Å². The van der Waals surface area contributed by atoms with Crippen molar-refractivity contribution in [3.8, 4) is 5.75 Å². The molecule has 1 atom stereocenters. The Labute approximate surface area is 129 Å². The first-order valence-corrected chi connectivity index (χ1v) is 6.88. The Morgan fingerprint density at radius 1 is 1.41 bits per heavy atom. The van der Waals surface area contributed by atoms with Crippen molar-refractivity contribution in [3.63, 3.8) is 0 Å². The molecule has 0 saturated heterocycles. The quantitative estimate of drug-likeness (QED) is 0.793. The summed E-state index contributed by atoms with van der Waals surface area (Å²) < 4.78 is 10.4. The van der Waals surface area contributed by atoms with Gasteiger partial charge in [0, 0.05) is 0 Å². The zero-order valence-corrected chi connectivity index (χ0v) is 12.8. The standard InChI is InChI=1S/C16H20N2O4/c1-11-6-7-12(13(9-11)21-3)18-15(19)17-10-16(2,20)14-5-4-8-22-14/h4-9,20H,10H2,1-3H3,(H2,17,18,19). The molecule has 0 saturated carbocycles. The number of aliphatic hydroxyl groups is 1. The van der Waals surface area contributed by atoms with Crippen LogP contribution >= 0.6 is 0 Å². The number of ether oxygens (including phenoxy) is 1. The predicted octanol–water partition coefficient (Wildman–Crippen LogP) is 2.63. The SMILES string of the molecule is COc1cc(C)ccc1NC(=O)NCC(C)(O)c1ccco1. The number of nitrogens with one attached hydrogen (secondary N) is 2. The largest absolute Gasteiger partial charge is 0.495 e. The van der Waals surface area contributed by atoms with E-state index in [1.807, 2.05) is 19.1 Å². The summed E-state index contributed by atoms with van der Waals surface area (Å²) in [5.41, 5.74) is 0.310. The zero-order valence-electron chi connectivity index (χ0n) is 12.8. The highest BCUT2D eigenvalue weighted by Crippen LogP contribution is 2.25. The number of carbonyl (C=O) groups is 1. The average molecular weight is 304 g/mol. The molecular weight excluding hydrogens is 284 g/mol. The molecule has 1 unspecified atom stereocenters. The van der Waals surface area contributed by atoms with E-state index in [4.69, 9.17) is 9.15 Å². The van der Waals surface area contributed by atoms with Crippen molar-refractivity contribution in [2.75, 3.05) is 19.0 Å². The number of urea groups is 1. The number of aryl methyl sites for hydroxylation is 1. The van der Waals surface area contributed by atoms with Crippen LogP contribution < -0.4 is 15.4 Å². The van der Waals surface area contributed by atoms with Gasteiger partial charge in [0.05, 0.1) is 25.6 Å². The Morgan fingerprint density at radius 2 is 2.18 bits per heavy atom. The Bertz CT molecular complexity index is 636. The maximum absolute atomic E-state index is 12.0. The van der Waals surface area contributed by atoms with E-state index < -0.39 is 11.6 Å². The summed E-state index contributed by atoms with van der Waals surface area (Å²) in [6, 6.07) is 8.36. The van der Waals surface area contributed by atoms with Crippen LogP contribution in [-0.2, 0) is 5.60 Å². The number of amides is 2. The Morgan fingerprint density at radius 3 is 2.82 bits per heavy atom. The molecule has 3 N–H and O–H groups in total.